The summed E-state index contributed by atoms with van der Waals surface area (Å²) < 4.78 is 9.68. The lowest BCUT2D eigenvalue weighted by molar-refractivity contribution is -0.138. The van der Waals surface area contributed by atoms with Crippen LogP contribution in [-0.4, -0.2) is 56.5 Å². The zero-order valence-corrected chi connectivity index (χ0v) is 9.27. The molecule has 0 radical (unpaired) electrons. The zero-order chi connectivity index (χ0) is 12.4. The number of nitrogens with one attached hydrogen (secondary N) is 1. The average Bonchev–Trinajstić information content (AvgIpc) is 2.24. The molecule has 1 atom stereocenters. The van der Waals surface area contributed by atoms with Gasteiger partial charge >= 0.3 is 5.97 Å². The highest BCUT2D eigenvalue weighted by Gasteiger charge is 2.11. The van der Waals surface area contributed by atoms with Crippen molar-refractivity contribution in [1.29, 1.82) is 0 Å². The van der Waals surface area contributed by atoms with Gasteiger partial charge in [-0.25, -0.2) is 0 Å². The summed E-state index contributed by atoms with van der Waals surface area (Å²) in [5.74, 6) is -1.38. The van der Waals surface area contributed by atoms with Crippen LogP contribution in [0.2, 0.25) is 0 Å². The first-order valence-corrected chi connectivity index (χ1v) is 4.89. The fourth-order valence-corrected chi connectivity index (χ4v) is 0.849. The summed E-state index contributed by atoms with van der Waals surface area (Å²) in [6, 6.07) is -0.949. The molecule has 0 heterocycles. The van der Waals surface area contributed by atoms with Crippen molar-refractivity contribution >= 4 is 11.9 Å². The standard InChI is InChI=1S/C9H18N2O5/c1-15-4-5-16-6-8(12)11-3-2-7(10)9(13)14/h7H,2-6,10H2,1H3,(H,11,12)(H,13,14)/t7-/m0/s1. The van der Waals surface area contributed by atoms with E-state index in [4.69, 9.17) is 20.3 Å². The van der Waals surface area contributed by atoms with Gasteiger partial charge < -0.3 is 25.6 Å². The summed E-state index contributed by atoms with van der Waals surface area (Å²) in [6.45, 7) is 0.932. The van der Waals surface area contributed by atoms with Crippen LogP contribution in [0.1, 0.15) is 6.42 Å². The van der Waals surface area contributed by atoms with Gasteiger partial charge in [0.2, 0.25) is 5.91 Å². The van der Waals surface area contributed by atoms with Gasteiger partial charge in [0.15, 0.2) is 0 Å². The molecule has 0 fully saturated rings. The van der Waals surface area contributed by atoms with E-state index in [1.54, 1.807) is 0 Å². The van der Waals surface area contributed by atoms with E-state index in [1.165, 1.54) is 7.11 Å². The van der Waals surface area contributed by atoms with E-state index in [9.17, 15) is 9.59 Å². The second-order valence-corrected chi connectivity index (χ2v) is 3.13. The van der Waals surface area contributed by atoms with Crippen molar-refractivity contribution in [2.45, 2.75) is 12.5 Å². The van der Waals surface area contributed by atoms with Crippen LogP contribution in [0.25, 0.3) is 0 Å². The minimum atomic E-state index is -1.08. The molecule has 0 aromatic carbocycles. The molecule has 0 aliphatic carbocycles. The summed E-state index contributed by atoms with van der Waals surface area (Å²) >= 11 is 0. The normalized spacial score (nSPS) is 12.1. The maximum absolute atomic E-state index is 11.1. The van der Waals surface area contributed by atoms with Crippen molar-refractivity contribution < 1.29 is 24.2 Å². The molecule has 0 bridgehead atoms. The first-order chi connectivity index (χ1) is 7.57. The molecule has 0 saturated heterocycles. The Morgan fingerprint density at radius 1 is 1.44 bits per heavy atom. The number of ether oxygens (including phenoxy) is 2. The number of aliphatic carboxylic acids is 1. The summed E-state index contributed by atoms with van der Waals surface area (Å²) in [4.78, 5) is 21.4. The first-order valence-electron chi connectivity index (χ1n) is 4.89. The van der Waals surface area contributed by atoms with E-state index in [0.717, 1.165) is 0 Å². The molecular formula is C9H18N2O5. The van der Waals surface area contributed by atoms with Crippen LogP contribution in [0, 0.1) is 0 Å². The van der Waals surface area contributed by atoms with E-state index in [1.807, 2.05) is 0 Å². The molecule has 0 aromatic heterocycles. The number of nitrogens with two attached hydrogens (primary N) is 1. The molecule has 16 heavy (non-hydrogen) atoms. The maximum Gasteiger partial charge on any atom is 0.320 e. The van der Waals surface area contributed by atoms with E-state index in [0.29, 0.717) is 13.2 Å². The van der Waals surface area contributed by atoms with Crippen molar-refractivity contribution in [3.63, 3.8) is 0 Å². The minimum Gasteiger partial charge on any atom is -0.480 e. The van der Waals surface area contributed by atoms with Crippen LogP contribution in [-0.2, 0) is 19.1 Å². The van der Waals surface area contributed by atoms with Crippen LogP contribution >= 0.6 is 0 Å². The molecule has 4 N–H and O–H groups in total. The molecule has 7 heteroatoms. The predicted molar refractivity (Wildman–Crippen MR) is 55.9 cm³/mol. The van der Waals surface area contributed by atoms with Crippen molar-refractivity contribution in [2.24, 2.45) is 5.73 Å². The highest BCUT2D eigenvalue weighted by molar-refractivity contribution is 5.77. The van der Waals surface area contributed by atoms with Gasteiger partial charge in [0.1, 0.15) is 12.6 Å². The van der Waals surface area contributed by atoms with Gasteiger partial charge in [-0.2, -0.15) is 0 Å². The molecule has 0 saturated carbocycles. The van der Waals surface area contributed by atoms with Gasteiger partial charge in [-0.05, 0) is 6.42 Å². The van der Waals surface area contributed by atoms with E-state index in [2.05, 4.69) is 5.32 Å². The van der Waals surface area contributed by atoms with Gasteiger partial charge in [0.25, 0.3) is 0 Å². The number of carboxylic acids is 1. The lowest BCUT2D eigenvalue weighted by Gasteiger charge is -2.08. The molecule has 0 aromatic rings. The fourth-order valence-electron chi connectivity index (χ4n) is 0.849. The van der Waals surface area contributed by atoms with Crippen LogP contribution in [0.4, 0.5) is 0 Å². The summed E-state index contributed by atoms with van der Waals surface area (Å²) in [5.41, 5.74) is 5.24. The number of hydrogen-bond donors (Lipinski definition) is 3. The number of carbonyl (C=O) groups is 2. The van der Waals surface area contributed by atoms with E-state index >= 15 is 0 Å². The highest BCUT2D eigenvalue weighted by atomic mass is 16.5. The van der Waals surface area contributed by atoms with Crippen LogP contribution in [0.15, 0.2) is 0 Å². The molecule has 0 spiro atoms. The maximum atomic E-state index is 11.1. The second-order valence-electron chi connectivity index (χ2n) is 3.13. The van der Waals surface area contributed by atoms with Crippen LogP contribution in [0.3, 0.4) is 0 Å². The second kappa shape index (κ2) is 9.08. The third-order valence-electron chi connectivity index (χ3n) is 1.76. The number of amides is 1. The molecular weight excluding hydrogens is 216 g/mol. The molecule has 0 rings (SSSR count). The average molecular weight is 234 g/mol. The Balaban J connectivity index is 3.40. The topological polar surface area (TPSA) is 111 Å². The predicted octanol–water partition coefficient (Wildman–Crippen LogP) is -1.43. The lowest BCUT2D eigenvalue weighted by Crippen LogP contribution is -2.36. The number of hydrogen-bond acceptors (Lipinski definition) is 5. The minimum absolute atomic E-state index is 0.0638. The summed E-state index contributed by atoms with van der Waals surface area (Å²) in [6.07, 6.45) is 0.194. The molecule has 0 aliphatic rings. The Bertz CT molecular complexity index is 222. The number of methoxy groups -OCH3 is 1. The van der Waals surface area contributed by atoms with E-state index in [-0.39, 0.29) is 25.5 Å². The number of carbonyl (C=O) groups excluding carboxylic acids is 1. The van der Waals surface area contributed by atoms with Crippen LogP contribution in [0.5, 0.6) is 0 Å². The summed E-state index contributed by atoms with van der Waals surface area (Å²) in [7, 11) is 1.54. The van der Waals surface area contributed by atoms with Gasteiger partial charge in [0.05, 0.1) is 13.2 Å². The molecule has 0 unspecified atom stereocenters. The van der Waals surface area contributed by atoms with E-state index < -0.39 is 12.0 Å². The van der Waals surface area contributed by atoms with Crippen molar-refractivity contribution in [3.05, 3.63) is 0 Å². The monoisotopic (exact) mass is 234 g/mol. The Kier molecular flexibility index (Phi) is 8.41. The largest absolute Gasteiger partial charge is 0.480 e. The van der Waals surface area contributed by atoms with Crippen molar-refractivity contribution in [1.82, 2.24) is 5.32 Å². The zero-order valence-electron chi connectivity index (χ0n) is 9.27. The highest BCUT2D eigenvalue weighted by Crippen LogP contribution is 1.86. The van der Waals surface area contributed by atoms with Crippen molar-refractivity contribution in [3.8, 4) is 0 Å². The Morgan fingerprint density at radius 3 is 2.69 bits per heavy atom. The smallest absolute Gasteiger partial charge is 0.320 e. The first kappa shape index (κ1) is 14.8. The third-order valence-corrected chi connectivity index (χ3v) is 1.76. The molecule has 1 amide bonds. The molecule has 7 nitrogen and oxygen atoms in total. The van der Waals surface area contributed by atoms with Gasteiger partial charge in [-0.3, -0.25) is 9.59 Å². The van der Waals surface area contributed by atoms with Crippen molar-refractivity contribution in [2.75, 3.05) is 33.5 Å². The lowest BCUT2D eigenvalue weighted by atomic mass is 10.2. The van der Waals surface area contributed by atoms with Gasteiger partial charge in [0, 0.05) is 13.7 Å². The Morgan fingerprint density at radius 2 is 2.12 bits per heavy atom. The van der Waals surface area contributed by atoms with Gasteiger partial charge in [-0.15, -0.1) is 0 Å². The Hall–Kier alpha value is -1.18. The molecule has 94 valence electrons. The number of carboxylic acid groups (broad SMARTS) is 1. The quantitative estimate of drug-likeness (QED) is 0.422. The third kappa shape index (κ3) is 8.16. The SMILES string of the molecule is COCCOCC(=O)NCC[C@H](N)C(=O)O. The van der Waals surface area contributed by atoms with Crippen LogP contribution < -0.4 is 11.1 Å². The molecule has 0 aliphatic heterocycles. The Labute approximate surface area is 93.9 Å². The fraction of sp³-hybridized carbons (Fsp3) is 0.778. The van der Waals surface area contributed by atoms with Gasteiger partial charge in [-0.1, -0.05) is 0 Å². The number of rotatable bonds is 9. The summed E-state index contributed by atoms with van der Waals surface area (Å²) in [5, 5.41) is 11.0.